The van der Waals surface area contributed by atoms with Crippen molar-refractivity contribution in [3.05, 3.63) is 42.0 Å². The van der Waals surface area contributed by atoms with Crippen LogP contribution in [0.5, 0.6) is 0 Å². The number of rotatable bonds is 6. The first kappa shape index (κ1) is 18.9. The highest BCUT2D eigenvalue weighted by atomic mass is 16.2. The molecular formula is C23H28N2O3. The molecule has 0 aromatic heterocycles. The Balaban J connectivity index is 1.37. The summed E-state index contributed by atoms with van der Waals surface area (Å²) in [5.41, 5.74) is 3.69. The number of hydrazine groups is 1. The predicted molar refractivity (Wildman–Crippen MR) is 107 cm³/mol. The van der Waals surface area contributed by atoms with Gasteiger partial charge in [0, 0.05) is 12.5 Å². The zero-order chi connectivity index (χ0) is 19.6. The summed E-state index contributed by atoms with van der Waals surface area (Å²) in [4.78, 5) is 36.2. The van der Waals surface area contributed by atoms with Gasteiger partial charge in [0.2, 0.25) is 5.91 Å². The molecule has 0 unspecified atom stereocenters. The summed E-state index contributed by atoms with van der Waals surface area (Å²) in [5, 5.41) is 1.12. The van der Waals surface area contributed by atoms with Crippen LogP contribution in [0.4, 0.5) is 0 Å². The average molecular weight is 380 g/mol. The van der Waals surface area contributed by atoms with Crippen LogP contribution in [0.25, 0.3) is 6.08 Å². The van der Waals surface area contributed by atoms with Gasteiger partial charge in [-0.15, -0.1) is 0 Å². The molecule has 4 aliphatic carbocycles. The van der Waals surface area contributed by atoms with E-state index >= 15 is 0 Å². The predicted octanol–water partition coefficient (Wildman–Crippen LogP) is 3.37. The van der Waals surface area contributed by atoms with Gasteiger partial charge in [0.25, 0.3) is 5.91 Å². The van der Waals surface area contributed by atoms with E-state index in [1.54, 1.807) is 6.08 Å². The van der Waals surface area contributed by atoms with Crippen LogP contribution in [0.2, 0.25) is 0 Å². The number of nitrogens with one attached hydrogen (secondary N) is 1. The van der Waals surface area contributed by atoms with E-state index in [0.29, 0.717) is 12.7 Å². The first-order valence-corrected chi connectivity index (χ1v) is 10.3. The van der Waals surface area contributed by atoms with E-state index in [0.717, 1.165) is 47.6 Å². The van der Waals surface area contributed by atoms with Crippen LogP contribution in [-0.4, -0.2) is 29.7 Å². The topological polar surface area (TPSA) is 66.5 Å². The van der Waals surface area contributed by atoms with E-state index in [9.17, 15) is 14.4 Å². The first-order valence-electron chi connectivity index (χ1n) is 10.3. The highest BCUT2D eigenvalue weighted by molar-refractivity contribution is 5.94. The second-order valence-corrected chi connectivity index (χ2v) is 8.99. The third kappa shape index (κ3) is 4.18. The molecule has 0 saturated heterocycles. The molecule has 5 rings (SSSR count). The first-order chi connectivity index (χ1) is 13.5. The van der Waals surface area contributed by atoms with Crippen molar-refractivity contribution in [3.63, 3.8) is 0 Å². The van der Waals surface area contributed by atoms with E-state index in [1.165, 1.54) is 25.3 Å². The van der Waals surface area contributed by atoms with Crippen LogP contribution in [0.15, 0.2) is 36.4 Å². The molecule has 0 atom stereocenters. The summed E-state index contributed by atoms with van der Waals surface area (Å²) in [7, 11) is 0. The summed E-state index contributed by atoms with van der Waals surface area (Å²) < 4.78 is 0. The molecule has 4 saturated carbocycles. The maximum atomic E-state index is 12.7. The van der Waals surface area contributed by atoms with Gasteiger partial charge in [-0.05, 0) is 73.3 Å². The van der Waals surface area contributed by atoms with Gasteiger partial charge in [0.05, 0.1) is 6.54 Å². The molecule has 1 aromatic rings. The quantitative estimate of drug-likeness (QED) is 0.467. The third-order valence-corrected chi connectivity index (χ3v) is 6.70. The number of amides is 2. The molecule has 0 spiro atoms. The highest BCUT2D eigenvalue weighted by Crippen LogP contribution is 2.61. The zero-order valence-electron chi connectivity index (χ0n) is 16.2. The maximum Gasteiger partial charge on any atom is 0.265 e. The van der Waals surface area contributed by atoms with Gasteiger partial charge >= 0.3 is 0 Å². The Kier molecular flexibility index (Phi) is 5.33. The number of benzene rings is 1. The standard InChI is InChI=1S/C23H28N2O3/c26-9-8-25(22(28)7-6-17-4-2-1-3-5-17)24-21(27)16-23-13-18-10-19(14-23)12-20(11-18)15-23/h1-7,9,18-20H,8,10-16H2,(H,24,27)/b7-6+. The fourth-order valence-electron chi connectivity index (χ4n) is 6.12. The Bertz CT molecular complexity index is 736. The normalized spacial score (nSPS) is 30.4. The number of hydrogen-bond acceptors (Lipinski definition) is 3. The molecule has 1 aromatic carbocycles. The Morgan fingerprint density at radius 2 is 1.64 bits per heavy atom. The fraction of sp³-hybridized carbons (Fsp3) is 0.522. The van der Waals surface area contributed by atoms with Crippen LogP contribution >= 0.6 is 0 Å². The van der Waals surface area contributed by atoms with Crippen LogP contribution in [0.3, 0.4) is 0 Å². The van der Waals surface area contributed by atoms with Crippen LogP contribution in [-0.2, 0) is 14.4 Å². The summed E-state index contributed by atoms with van der Waals surface area (Å²) in [6.07, 6.45) is 11.6. The Hall–Kier alpha value is -2.43. The van der Waals surface area contributed by atoms with Crippen LogP contribution < -0.4 is 5.43 Å². The molecule has 0 heterocycles. The molecule has 0 aliphatic heterocycles. The van der Waals surface area contributed by atoms with Gasteiger partial charge in [-0.25, -0.2) is 5.01 Å². The van der Waals surface area contributed by atoms with Crippen molar-refractivity contribution < 1.29 is 14.4 Å². The van der Waals surface area contributed by atoms with Crippen molar-refractivity contribution in [2.24, 2.45) is 23.2 Å². The maximum absolute atomic E-state index is 12.7. The van der Waals surface area contributed by atoms with Crippen molar-refractivity contribution in [1.29, 1.82) is 0 Å². The molecule has 4 fully saturated rings. The fourth-order valence-corrected chi connectivity index (χ4v) is 6.12. The number of aldehydes is 1. The van der Waals surface area contributed by atoms with Crippen molar-refractivity contribution in [3.8, 4) is 0 Å². The minimum atomic E-state index is -0.394. The van der Waals surface area contributed by atoms with Crippen LogP contribution in [0, 0.1) is 23.2 Å². The molecule has 1 N–H and O–H groups in total. The summed E-state index contributed by atoms with van der Waals surface area (Å²) >= 11 is 0. The Morgan fingerprint density at radius 1 is 1.04 bits per heavy atom. The second-order valence-electron chi connectivity index (χ2n) is 8.99. The van der Waals surface area contributed by atoms with Crippen molar-refractivity contribution in [1.82, 2.24) is 10.4 Å². The molecule has 2 amide bonds. The monoisotopic (exact) mass is 380 g/mol. The zero-order valence-corrected chi connectivity index (χ0v) is 16.2. The Morgan fingerprint density at radius 3 is 2.21 bits per heavy atom. The number of nitrogens with zero attached hydrogens (tertiary/aromatic N) is 1. The van der Waals surface area contributed by atoms with Gasteiger partial charge in [-0.1, -0.05) is 30.3 Å². The average Bonchev–Trinajstić information content (AvgIpc) is 2.65. The lowest BCUT2D eigenvalue weighted by Gasteiger charge is -2.56. The molecule has 5 heteroatoms. The summed E-state index contributed by atoms with van der Waals surface area (Å²) in [6, 6.07) is 9.46. The van der Waals surface area contributed by atoms with Crippen LogP contribution in [0.1, 0.15) is 50.5 Å². The van der Waals surface area contributed by atoms with E-state index in [2.05, 4.69) is 5.43 Å². The molecular weight excluding hydrogens is 352 g/mol. The molecule has 148 valence electrons. The van der Waals surface area contributed by atoms with Gasteiger partial charge in [0.15, 0.2) is 0 Å². The largest absolute Gasteiger partial charge is 0.301 e. The molecule has 4 bridgehead atoms. The SMILES string of the molecule is O=CCN(NC(=O)CC12CC3CC(CC(C3)C1)C2)C(=O)/C=C/c1ccccc1. The lowest BCUT2D eigenvalue weighted by molar-refractivity contribution is -0.143. The number of hydrogen-bond donors (Lipinski definition) is 1. The van der Waals surface area contributed by atoms with Gasteiger partial charge in [-0.3, -0.25) is 15.0 Å². The molecule has 0 radical (unpaired) electrons. The number of carbonyl (C=O) groups is 3. The lowest BCUT2D eigenvalue weighted by Crippen LogP contribution is -2.51. The van der Waals surface area contributed by atoms with E-state index < -0.39 is 5.91 Å². The van der Waals surface area contributed by atoms with Crippen molar-refractivity contribution >= 4 is 24.2 Å². The van der Waals surface area contributed by atoms with E-state index in [4.69, 9.17) is 0 Å². The number of carbonyl (C=O) groups excluding carboxylic acids is 3. The van der Waals surface area contributed by atoms with Gasteiger partial charge < -0.3 is 4.79 Å². The van der Waals surface area contributed by atoms with Crippen molar-refractivity contribution in [2.45, 2.75) is 44.9 Å². The molecule has 4 aliphatic rings. The minimum Gasteiger partial charge on any atom is -0.301 e. The second kappa shape index (κ2) is 7.90. The highest BCUT2D eigenvalue weighted by Gasteiger charge is 2.51. The Labute approximate surface area is 166 Å². The lowest BCUT2D eigenvalue weighted by atomic mass is 9.49. The molecule has 28 heavy (non-hydrogen) atoms. The smallest absolute Gasteiger partial charge is 0.265 e. The third-order valence-electron chi connectivity index (χ3n) is 6.70. The van der Waals surface area contributed by atoms with E-state index in [-0.39, 0.29) is 17.9 Å². The molecule has 5 nitrogen and oxygen atoms in total. The van der Waals surface area contributed by atoms with Gasteiger partial charge in [0.1, 0.15) is 6.29 Å². The summed E-state index contributed by atoms with van der Waals surface area (Å²) in [5.74, 6) is 1.79. The van der Waals surface area contributed by atoms with Crippen molar-refractivity contribution in [2.75, 3.05) is 6.54 Å². The summed E-state index contributed by atoms with van der Waals surface area (Å²) in [6.45, 7) is -0.148. The minimum absolute atomic E-state index is 0.106. The van der Waals surface area contributed by atoms with Gasteiger partial charge in [-0.2, -0.15) is 0 Å². The van der Waals surface area contributed by atoms with E-state index in [1.807, 2.05) is 30.3 Å².